The van der Waals surface area contributed by atoms with Gasteiger partial charge >= 0.3 is 17.1 Å². The minimum Gasteiger partial charge on any atom is -0.494 e. The first-order valence-corrected chi connectivity index (χ1v) is 13.2. The van der Waals surface area contributed by atoms with Gasteiger partial charge in [-0.15, -0.1) is 0 Å². The second kappa shape index (κ2) is 12.8. The molecular formula is C30H33N3O6. The third kappa shape index (κ3) is 6.14. The predicted octanol–water partition coefficient (Wildman–Crippen LogP) is 4.51. The van der Waals surface area contributed by atoms with E-state index in [0.29, 0.717) is 54.1 Å². The molecule has 9 heteroatoms. The quantitative estimate of drug-likeness (QED) is 0.267. The molecule has 0 saturated carbocycles. The highest BCUT2D eigenvalue weighted by Gasteiger charge is 2.19. The van der Waals surface area contributed by atoms with Gasteiger partial charge in [0.2, 0.25) is 0 Å². The molecule has 3 aromatic carbocycles. The second-order valence-corrected chi connectivity index (χ2v) is 8.88. The molecule has 0 N–H and O–H groups in total. The van der Waals surface area contributed by atoms with E-state index in [1.165, 1.54) is 0 Å². The molecule has 0 unspecified atom stereocenters. The van der Waals surface area contributed by atoms with E-state index in [0.717, 1.165) is 33.0 Å². The topological polar surface area (TPSA) is 93.7 Å². The summed E-state index contributed by atoms with van der Waals surface area (Å²) in [6.07, 6.45) is 2.55. The van der Waals surface area contributed by atoms with Crippen molar-refractivity contribution in [2.75, 3.05) is 19.8 Å². The van der Waals surface area contributed by atoms with E-state index >= 15 is 0 Å². The Balaban J connectivity index is 1.89. The Hall–Kier alpha value is -4.53. The lowest BCUT2D eigenvalue weighted by Crippen LogP contribution is -2.52. The summed E-state index contributed by atoms with van der Waals surface area (Å²) in [5.41, 5.74) is -1.43. The van der Waals surface area contributed by atoms with Crippen molar-refractivity contribution < 1.29 is 14.2 Å². The average molecular weight is 532 g/mol. The molecule has 0 spiro atoms. The number of hydrogen-bond acceptors (Lipinski definition) is 6. The van der Waals surface area contributed by atoms with Crippen molar-refractivity contribution in [3.63, 3.8) is 0 Å². The third-order valence-electron chi connectivity index (χ3n) is 5.85. The van der Waals surface area contributed by atoms with Crippen molar-refractivity contribution in [1.29, 1.82) is 0 Å². The highest BCUT2D eigenvalue weighted by molar-refractivity contribution is 5.42. The lowest BCUT2D eigenvalue weighted by Gasteiger charge is -2.15. The summed E-state index contributed by atoms with van der Waals surface area (Å²) < 4.78 is 19.9. The van der Waals surface area contributed by atoms with Gasteiger partial charge in [-0.3, -0.25) is 0 Å². The van der Waals surface area contributed by atoms with Gasteiger partial charge in [-0.1, -0.05) is 20.8 Å². The highest BCUT2D eigenvalue weighted by Crippen LogP contribution is 2.17. The summed E-state index contributed by atoms with van der Waals surface area (Å²) in [5.74, 6) is 1.85. The van der Waals surface area contributed by atoms with Crippen LogP contribution in [0, 0.1) is 0 Å². The lowest BCUT2D eigenvalue weighted by atomic mass is 10.2. The maximum Gasteiger partial charge on any atom is 0.345 e. The molecular weight excluding hydrogens is 498 g/mol. The van der Waals surface area contributed by atoms with Crippen molar-refractivity contribution >= 4 is 0 Å². The fraction of sp³-hybridized carbons (Fsp3) is 0.300. The van der Waals surface area contributed by atoms with E-state index in [-0.39, 0.29) is 0 Å². The third-order valence-corrected chi connectivity index (χ3v) is 5.85. The molecule has 4 rings (SSSR count). The number of ether oxygens (including phenoxy) is 3. The van der Waals surface area contributed by atoms with Crippen LogP contribution in [-0.2, 0) is 0 Å². The van der Waals surface area contributed by atoms with Crippen molar-refractivity contribution in [3.8, 4) is 34.3 Å². The van der Waals surface area contributed by atoms with Crippen LogP contribution in [0.15, 0.2) is 87.2 Å². The summed E-state index contributed by atoms with van der Waals surface area (Å²) in [6, 6.07) is 19.9. The molecule has 4 aromatic rings. The first-order valence-electron chi connectivity index (χ1n) is 13.2. The summed E-state index contributed by atoms with van der Waals surface area (Å²) in [7, 11) is 0. The van der Waals surface area contributed by atoms with Crippen LogP contribution in [0.2, 0.25) is 0 Å². The number of hydrogen-bond donors (Lipinski definition) is 0. The SMILES string of the molecule is CCCOc1ccc(-n2c(=O)n(-c3ccc(OCCC)cc3)c(=O)n(-c3ccc(OCCC)cc3)c2=O)cc1. The molecule has 0 bridgehead atoms. The zero-order chi connectivity index (χ0) is 27.8. The van der Waals surface area contributed by atoms with Crippen molar-refractivity contribution in [1.82, 2.24) is 13.7 Å². The van der Waals surface area contributed by atoms with Crippen molar-refractivity contribution in [2.24, 2.45) is 0 Å². The van der Waals surface area contributed by atoms with Gasteiger partial charge in [-0.2, -0.15) is 0 Å². The Kier molecular flexibility index (Phi) is 9.04. The van der Waals surface area contributed by atoms with Gasteiger partial charge in [-0.05, 0) is 92.1 Å². The van der Waals surface area contributed by atoms with Crippen LogP contribution in [0.25, 0.3) is 17.1 Å². The molecule has 0 aliphatic heterocycles. The molecule has 0 radical (unpaired) electrons. The highest BCUT2D eigenvalue weighted by atomic mass is 16.5. The van der Waals surface area contributed by atoms with Gasteiger partial charge in [0.25, 0.3) is 0 Å². The minimum atomic E-state index is -0.784. The number of nitrogens with zero attached hydrogens (tertiary/aromatic N) is 3. The van der Waals surface area contributed by atoms with Gasteiger partial charge in [-0.25, -0.2) is 28.1 Å². The molecule has 39 heavy (non-hydrogen) atoms. The fourth-order valence-electron chi connectivity index (χ4n) is 3.94. The maximum absolute atomic E-state index is 13.7. The van der Waals surface area contributed by atoms with Crippen LogP contribution in [0.4, 0.5) is 0 Å². The van der Waals surface area contributed by atoms with Crippen LogP contribution >= 0.6 is 0 Å². The molecule has 0 amide bonds. The van der Waals surface area contributed by atoms with Gasteiger partial charge in [0.1, 0.15) is 17.2 Å². The Morgan fingerprint density at radius 2 is 0.667 bits per heavy atom. The smallest absolute Gasteiger partial charge is 0.345 e. The predicted molar refractivity (Wildman–Crippen MR) is 151 cm³/mol. The van der Waals surface area contributed by atoms with Crippen LogP contribution < -0.4 is 31.3 Å². The molecule has 1 aromatic heterocycles. The van der Waals surface area contributed by atoms with E-state index in [1.807, 2.05) is 20.8 Å². The summed E-state index contributed by atoms with van der Waals surface area (Å²) in [5, 5.41) is 0. The summed E-state index contributed by atoms with van der Waals surface area (Å²) >= 11 is 0. The summed E-state index contributed by atoms with van der Waals surface area (Å²) in [4.78, 5) is 41.1. The Bertz CT molecular complexity index is 1330. The molecule has 0 atom stereocenters. The number of aromatic nitrogens is 3. The standard InChI is InChI=1S/C30H33N3O6/c1-4-19-37-25-13-7-22(8-14-25)31-28(34)32(23-9-15-26(16-10-23)38-20-5-2)30(36)33(29(31)35)24-11-17-27(18-12-24)39-21-6-3/h7-18H,4-6,19-21H2,1-3H3. The van der Waals surface area contributed by atoms with Gasteiger partial charge in [0.15, 0.2) is 0 Å². The fourth-order valence-corrected chi connectivity index (χ4v) is 3.94. The average Bonchev–Trinajstić information content (AvgIpc) is 2.96. The Morgan fingerprint density at radius 1 is 0.436 bits per heavy atom. The van der Waals surface area contributed by atoms with E-state index in [4.69, 9.17) is 14.2 Å². The molecule has 0 saturated heterocycles. The van der Waals surface area contributed by atoms with Gasteiger partial charge in [0, 0.05) is 0 Å². The van der Waals surface area contributed by atoms with Crippen molar-refractivity contribution in [3.05, 3.63) is 104 Å². The van der Waals surface area contributed by atoms with E-state index < -0.39 is 17.1 Å². The van der Waals surface area contributed by atoms with Crippen LogP contribution in [-0.4, -0.2) is 33.5 Å². The Morgan fingerprint density at radius 3 is 0.872 bits per heavy atom. The minimum absolute atomic E-state index is 0.308. The first kappa shape index (κ1) is 27.5. The van der Waals surface area contributed by atoms with E-state index in [1.54, 1.807) is 72.8 Å². The number of benzene rings is 3. The second-order valence-electron chi connectivity index (χ2n) is 8.88. The largest absolute Gasteiger partial charge is 0.494 e. The van der Waals surface area contributed by atoms with E-state index in [9.17, 15) is 14.4 Å². The first-order chi connectivity index (χ1) is 19.0. The maximum atomic E-state index is 13.7. The Labute approximate surface area is 226 Å². The van der Waals surface area contributed by atoms with Crippen LogP contribution in [0.5, 0.6) is 17.2 Å². The normalized spacial score (nSPS) is 10.8. The molecule has 204 valence electrons. The number of rotatable bonds is 12. The van der Waals surface area contributed by atoms with E-state index in [2.05, 4.69) is 0 Å². The van der Waals surface area contributed by atoms with Crippen molar-refractivity contribution in [2.45, 2.75) is 40.0 Å². The lowest BCUT2D eigenvalue weighted by molar-refractivity contribution is 0.317. The monoisotopic (exact) mass is 531 g/mol. The van der Waals surface area contributed by atoms with Crippen LogP contribution in [0.3, 0.4) is 0 Å². The summed E-state index contributed by atoms with van der Waals surface area (Å²) in [6.45, 7) is 7.66. The molecule has 9 nitrogen and oxygen atoms in total. The van der Waals surface area contributed by atoms with Gasteiger partial charge in [0.05, 0.1) is 36.9 Å². The molecule has 0 aliphatic carbocycles. The zero-order valence-electron chi connectivity index (χ0n) is 22.5. The molecule has 0 fully saturated rings. The zero-order valence-corrected chi connectivity index (χ0v) is 22.5. The van der Waals surface area contributed by atoms with Crippen LogP contribution in [0.1, 0.15) is 40.0 Å². The molecule has 1 heterocycles. The van der Waals surface area contributed by atoms with Gasteiger partial charge < -0.3 is 14.2 Å². The molecule has 0 aliphatic rings.